The van der Waals surface area contributed by atoms with Gasteiger partial charge in [0, 0.05) is 5.56 Å². The number of methoxy groups -OCH3 is 1. The zero-order valence-electron chi connectivity index (χ0n) is 12.8. The van der Waals surface area contributed by atoms with E-state index >= 15 is 0 Å². The highest BCUT2D eigenvalue weighted by Crippen LogP contribution is 2.26. The summed E-state index contributed by atoms with van der Waals surface area (Å²) in [5.41, 5.74) is 1.46. The molecule has 0 aliphatic rings. The number of fused-ring (bicyclic) bond motifs is 1. The Hall–Kier alpha value is -3.17. The zero-order valence-corrected chi connectivity index (χ0v) is 13.6. The first-order valence-corrected chi connectivity index (χ1v) is 7.94. The summed E-state index contributed by atoms with van der Waals surface area (Å²) in [5, 5.41) is 12.4. The Morgan fingerprint density at radius 1 is 1.25 bits per heavy atom. The standard InChI is InChI=1S/C18H13N3O2S/c1-23-15-8-4-2-6-12(15)10-13(11-19)17(22)21-18-20-14-7-3-5-9-16(14)24-18/h2-10H,1H3,(H,20,21,22)/b13-10+. The first-order chi connectivity index (χ1) is 11.7. The summed E-state index contributed by atoms with van der Waals surface area (Å²) in [7, 11) is 1.54. The number of benzene rings is 2. The second-order valence-corrected chi connectivity index (χ2v) is 5.88. The fourth-order valence-electron chi connectivity index (χ4n) is 2.18. The summed E-state index contributed by atoms with van der Waals surface area (Å²) in [5.74, 6) is 0.0977. The van der Waals surface area contributed by atoms with Crippen molar-refractivity contribution in [2.75, 3.05) is 12.4 Å². The Bertz CT molecular complexity index is 937. The van der Waals surface area contributed by atoms with Crippen molar-refractivity contribution in [2.45, 2.75) is 0 Å². The number of anilines is 1. The van der Waals surface area contributed by atoms with E-state index in [1.807, 2.05) is 42.5 Å². The molecule has 5 nitrogen and oxygen atoms in total. The molecule has 0 saturated carbocycles. The normalized spacial score (nSPS) is 11.1. The highest BCUT2D eigenvalue weighted by atomic mass is 32.1. The predicted octanol–water partition coefficient (Wildman–Crippen LogP) is 3.85. The quantitative estimate of drug-likeness (QED) is 0.580. The van der Waals surface area contributed by atoms with Crippen LogP contribution in [0.3, 0.4) is 0 Å². The molecule has 2 aromatic carbocycles. The van der Waals surface area contributed by atoms with Crippen molar-refractivity contribution in [1.82, 2.24) is 4.98 Å². The van der Waals surface area contributed by atoms with E-state index in [2.05, 4.69) is 10.3 Å². The van der Waals surface area contributed by atoms with Crippen LogP contribution in [0.15, 0.2) is 54.1 Å². The topological polar surface area (TPSA) is 75.0 Å². The van der Waals surface area contributed by atoms with Gasteiger partial charge in [0.05, 0.1) is 17.3 Å². The van der Waals surface area contributed by atoms with Crippen LogP contribution in [0.4, 0.5) is 5.13 Å². The van der Waals surface area contributed by atoms with E-state index in [4.69, 9.17) is 4.74 Å². The molecule has 0 bridgehead atoms. The third-order valence-electron chi connectivity index (χ3n) is 3.32. The molecule has 0 fully saturated rings. The van der Waals surface area contributed by atoms with Crippen LogP contribution in [0.5, 0.6) is 5.75 Å². The number of carbonyl (C=O) groups is 1. The lowest BCUT2D eigenvalue weighted by Gasteiger charge is -2.05. The third-order valence-corrected chi connectivity index (χ3v) is 4.27. The average Bonchev–Trinajstić information content (AvgIpc) is 3.02. The number of amides is 1. The summed E-state index contributed by atoms with van der Waals surface area (Å²) in [6, 6.07) is 16.7. The van der Waals surface area contributed by atoms with E-state index in [0.29, 0.717) is 16.4 Å². The number of para-hydroxylation sites is 2. The van der Waals surface area contributed by atoms with E-state index in [0.717, 1.165) is 10.2 Å². The molecule has 118 valence electrons. The van der Waals surface area contributed by atoms with Crippen LogP contribution in [0.1, 0.15) is 5.56 Å². The summed E-state index contributed by atoms with van der Waals surface area (Å²) in [6.07, 6.45) is 1.50. The molecule has 0 aliphatic carbocycles. The molecule has 3 rings (SSSR count). The average molecular weight is 335 g/mol. The SMILES string of the molecule is COc1ccccc1/C=C(\C#N)C(=O)Nc1nc2ccccc2s1. The van der Waals surface area contributed by atoms with Gasteiger partial charge in [0.25, 0.3) is 5.91 Å². The first-order valence-electron chi connectivity index (χ1n) is 7.13. The lowest BCUT2D eigenvalue weighted by Crippen LogP contribution is -2.13. The summed E-state index contributed by atoms with van der Waals surface area (Å²) >= 11 is 1.36. The third kappa shape index (κ3) is 3.26. The molecule has 1 aromatic heterocycles. The van der Waals surface area contributed by atoms with Crippen LogP contribution in [-0.4, -0.2) is 18.0 Å². The van der Waals surface area contributed by atoms with Crippen LogP contribution in [0, 0.1) is 11.3 Å². The Kier molecular flexibility index (Phi) is 4.54. The van der Waals surface area contributed by atoms with Crippen LogP contribution in [0.25, 0.3) is 16.3 Å². The number of hydrogen-bond acceptors (Lipinski definition) is 5. The number of hydrogen-bond donors (Lipinski definition) is 1. The maximum atomic E-state index is 12.3. The van der Waals surface area contributed by atoms with E-state index in [9.17, 15) is 10.1 Å². The van der Waals surface area contributed by atoms with Crippen molar-refractivity contribution >= 4 is 38.7 Å². The van der Waals surface area contributed by atoms with E-state index < -0.39 is 5.91 Å². The van der Waals surface area contributed by atoms with E-state index in [1.165, 1.54) is 17.4 Å². The van der Waals surface area contributed by atoms with Gasteiger partial charge in [-0.3, -0.25) is 10.1 Å². The van der Waals surface area contributed by atoms with Crippen LogP contribution in [-0.2, 0) is 4.79 Å². The number of thiazole rings is 1. The molecular weight excluding hydrogens is 322 g/mol. The molecule has 1 amide bonds. The van der Waals surface area contributed by atoms with Crippen molar-refractivity contribution in [2.24, 2.45) is 0 Å². The molecule has 0 atom stereocenters. The molecule has 0 unspecified atom stereocenters. The van der Waals surface area contributed by atoms with Gasteiger partial charge in [0.2, 0.25) is 0 Å². The second-order valence-electron chi connectivity index (χ2n) is 4.85. The van der Waals surface area contributed by atoms with Crippen molar-refractivity contribution < 1.29 is 9.53 Å². The molecular formula is C18H13N3O2S. The summed E-state index contributed by atoms with van der Waals surface area (Å²) in [4.78, 5) is 16.7. The van der Waals surface area contributed by atoms with Crippen LogP contribution in [0.2, 0.25) is 0 Å². The van der Waals surface area contributed by atoms with E-state index in [-0.39, 0.29) is 5.57 Å². The minimum Gasteiger partial charge on any atom is -0.496 e. The van der Waals surface area contributed by atoms with Crippen molar-refractivity contribution in [3.05, 3.63) is 59.7 Å². The Labute approximate surface area is 142 Å². The van der Waals surface area contributed by atoms with Crippen molar-refractivity contribution in [1.29, 1.82) is 5.26 Å². The molecule has 24 heavy (non-hydrogen) atoms. The maximum absolute atomic E-state index is 12.3. The highest BCUT2D eigenvalue weighted by Gasteiger charge is 2.13. The molecule has 6 heteroatoms. The number of ether oxygens (including phenoxy) is 1. The molecule has 0 radical (unpaired) electrons. The van der Waals surface area contributed by atoms with E-state index in [1.54, 1.807) is 19.2 Å². The number of rotatable bonds is 4. The molecule has 0 saturated heterocycles. The van der Waals surface area contributed by atoms with Gasteiger partial charge < -0.3 is 4.74 Å². The van der Waals surface area contributed by atoms with Gasteiger partial charge in [-0.15, -0.1) is 0 Å². The number of aromatic nitrogens is 1. The largest absolute Gasteiger partial charge is 0.496 e. The van der Waals surface area contributed by atoms with Gasteiger partial charge in [0.15, 0.2) is 5.13 Å². The molecule has 3 aromatic rings. The first kappa shape index (κ1) is 15.7. The second kappa shape index (κ2) is 6.94. The Morgan fingerprint density at radius 2 is 2.00 bits per heavy atom. The van der Waals surface area contributed by atoms with Crippen molar-refractivity contribution in [3.8, 4) is 11.8 Å². The fraction of sp³-hybridized carbons (Fsp3) is 0.0556. The van der Waals surface area contributed by atoms with Gasteiger partial charge in [0.1, 0.15) is 17.4 Å². The number of carbonyl (C=O) groups excluding carboxylic acids is 1. The monoisotopic (exact) mass is 335 g/mol. The molecule has 1 heterocycles. The predicted molar refractivity (Wildman–Crippen MR) is 94.8 cm³/mol. The van der Waals surface area contributed by atoms with Gasteiger partial charge in [-0.05, 0) is 24.3 Å². The van der Waals surface area contributed by atoms with Crippen molar-refractivity contribution in [3.63, 3.8) is 0 Å². The smallest absolute Gasteiger partial charge is 0.268 e. The minimum absolute atomic E-state index is 0.0150. The number of nitrogens with one attached hydrogen (secondary N) is 1. The van der Waals surface area contributed by atoms with Gasteiger partial charge >= 0.3 is 0 Å². The summed E-state index contributed by atoms with van der Waals surface area (Å²) < 4.78 is 6.20. The molecule has 1 N–H and O–H groups in total. The highest BCUT2D eigenvalue weighted by molar-refractivity contribution is 7.22. The number of nitrogens with zero attached hydrogens (tertiary/aromatic N) is 2. The Morgan fingerprint density at radius 3 is 2.75 bits per heavy atom. The summed E-state index contributed by atoms with van der Waals surface area (Å²) in [6.45, 7) is 0. The van der Waals surface area contributed by atoms with Gasteiger partial charge in [-0.1, -0.05) is 41.7 Å². The molecule has 0 aliphatic heterocycles. The number of nitriles is 1. The maximum Gasteiger partial charge on any atom is 0.268 e. The lowest BCUT2D eigenvalue weighted by molar-refractivity contribution is -0.112. The Balaban J connectivity index is 1.86. The lowest BCUT2D eigenvalue weighted by atomic mass is 10.1. The van der Waals surface area contributed by atoms with Gasteiger partial charge in [-0.2, -0.15) is 5.26 Å². The zero-order chi connectivity index (χ0) is 16.9. The van der Waals surface area contributed by atoms with Crippen LogP contribution >= 0.6 is 11.3 Å². The minimum atomic E-state index is -0.498. The molecule has 0 spiro atoms. The van der Waals surface area contributed by atoms with Crippen LogP contribution < -0.4 is 10.1 Å². The van der Waals surface area contributed by atoms with Gasteiger partial charge in [-0.25, -0.2) is 4.98 Å². The fourth-order valence-corrected chi connectivity index (χ4v) is 3.04.